The quantitative estimate of drug-likeness (QED) is 0.555. The summed E-state index contributed by atoms with van der Waals surface area (Å²) in [4.78, 5) is 16.1. The lowest BCUT2D eigenvalue weighted by atomic mass is 10.0. The predicted octanol–water partition coefficient (Wildman–Crippen LogP) is 1.77. The summed E-state index contributed by atoms with van der Waals surface area (Å²) in [6.07, 6.45) is 5.16. The Kier molecular flexibility index (Phi) is 3.67. The van der Waals surface area contributed by atoms with E-state index in [4.69, 9.17) is 0 Å². The van der Waals surface area contributed by atoms with Crippen LogP contribution in [-0.4, -0.2) is 53.9 Å². The molecule has 1 saturated heterocycles. The van der Waals surface area contributed by atoms with Crippen molar-refractivity contribution in [3.63, 3.8) is 0 Å². The number of benzene rings is 2. The molecule has 1 fully saturated rings. The van der Waals surface area contributed by atoms with Gasteiger partial charge in [-0.1, -0.05) is 35.5 Å². The molecule has 0 atom stereocenters. The van der Waals surface area contributed by atoms with Crippen molar-refractivity contribution in [2.45, 2.75) is 12.6 Å². The number of nitrogens with zero attached hydrogens (tertiary/aromatic N) is 7. The Hall–Kier alpha value is -3.55. The largest absolute Gasteiger partial charge is 0.334 e. The molecule has 0 saturated carbocycles. The van der Waals surface area contributed by atoms with Gasteiger partial charge in [0.2, 0.25) is 0 Å². The van der Waals surface area contributed by atoms with Crippen LogP contribution in [0.25, 0.3) is 10.8 Å². The minimum absolute atomic E-state index is 0.0538. The maximum Gasteiger partial charge on any atom is 0.254 e. The van der Waals surface area contributed by atoms with Gasteiger partial charge in [0.15, 0.2) is 0 Å². The van der Waals surface area contributed by atoms with Crippen LogP contribution in [0.1, 0.15) is 22.1 Å². The van der Waals surface area contributed by atoms with Crippen molar-refractivity contribution < 1.29 is 4.79 Å². The topological polar surface area (TPSA) is 81.7 Å². The van der Waals surface area contributed by atoms with E-state index in [1.165, 1.54) is 0 Å². The highest BCUT2D eigenvalue weighted by Gasteiger charge is 2.33. The van der Waals surface area contributed by atoms with Crippen LogP contribution in [-0.2, 0) is 6.54 Å². The molecule has 4 aromatic rings. The van der Waals surface area contributed by atoms with E-state index in [1.807, 2.05) is 58.2 Å². The Balaban J connectivity index is 1.24. The Morgan fingerprint density at radius 1 is 1.04 bits per heavy atom. The average Bonchev–Trinajstić information content (AvgIpc) is 3.33. The number of carbonyl (C=O) groups is 1. The summed E-state index contributed by atoms with van der Waals surface area (Å²) in [5.41, 5.74) is 1.52. The second-order valence-electron chi connectivity index (χ2n) is 6.68. The molecule has 134 valence electrons. The number of aromatic nitrogens is 6. The highest BCUT2D eigenvalue weighted by atomic mass is 16.2. The summed E-state index contributed by atoms with van der Waals surface area (Å²) < 4.78 is 1.82. The molecule has 0 N–H and O–H groups in total. The molecule has 1 aliphatic heterocycles. The minimum atomic E-state index is 0.0538. The van der Waals surface area contributed by atoms with Crippen LogP contribution in [0.5, 0.6) is 0 Å². The summed E-state index contributed by atoms with van der Waals surface area (Å²) in [5.74, 6) is 0.0538. The van der Waals surface area contributed by atoms with Crippen molar-refractivity contribution >= 4 is 16.7 Å². The average molecular weight is 359 g/mol. The van der Waals surface area contributed by atoms with Crippen molar-refractivity contribution in [2.75, 3.05) is 13.1 Å². The van der Waals surface area contributed by atoms with Crippen LogP contribution < -0.4 is 0 Å². The Bertz CT molecular complexity index is 1100. The van der Waals surface area contributed by atoms with E-state index < -0.39 is 0 Å². The first-order chi connectivity index (χ1) is 13.3. The third kappa shape index (κ3) is 2.95. The number of amides is 1. The van der Waals surface area contributed by atoms with Gasteiger partial charge in [-0.2, -0.15) is 15.0 Å². The first kappa shape index (κ1) is 15.7. The molecule has 0 unspecified atom stereocenters. The zero-order chi connectivity index (χ0) is 18.2. The van der Waals surface area contributed by atoms with Crippen LogP contribution in [0, 0.1) is 0 Å². The van der Waals surface area contributed by atoms with Gasteiger partial charge in [-0.3, -0.25) is 4.79 Å². The molecule has 2 aromatic carbocycles. The number of fused-ring (bicyclic) bond motifs is 1. The summed E-state index contributed by atoms with van der Waals surface area (Å²) >= 11 is 0. The number of likely N-dealkylation sites (tertiary alicyclic amines) is 1. The Morgan fingerprint density at radius 3 is 2.63 bits per heavy atom. The molecule has 8 heteroatoms. The van der Waals surface area contributed by atoms with Gasteiger partial charge >= 0.3 is 0 Å². The standard InChI is InChI=1S/C19H17N7O/c27-19(16-6-5-14-3-1-2-4-15(14)9-16)24-12-18(13-24)25-10-17(22-23-25)11-26-20-7-8-21-26/h1-10,18H,11-13H2. The second-order valence-corrected chi connectivity index (χ2v) is 6.68. The van der Waals surface area contributed by atoms with Gasteiger partial charge in [-0.25, -0.2) is 4.68 Å². The molecule has 1 amide bonds. The number of carbonyl (C=O) groups excluding carboxylic acids is 1. The van der Waals surface area contributed by atoms with E-state index in [0.29, 0.717) is 19.6 Å². The fourth-order valence-electron chi connectivity index (χ4n) is 3.33. The van der Waals surface area contributed by atoms with Gasteiger partial charge in [-0.15, -0.1) is 5.10 Å². The van der Waals surface area contributed by atoms with Crippen LogP contribution in [0.4, 0.5) is 0 Å². The SMILES string of the molecule is O=C(c1ccc2ccccc2c1)N1CC(n2cc(Cn3nccn3)nn2)C1. The number of hydrogen-bond donors (Lipinski definition) is 0. The molecular weight excluding hydrogens is 342 g/mol. The third-order valence-corrected chi connectivity index (χ3v) is 4.85. The van der Waals surface area contributed by atoms with E-state index in [9.17, 15) is 4.79 Å². The molecule has 3 heterocycles. The highest BCUT2D eigenvalue weighted by molar-refractivity contribution is 5.99. The van der Waals surface area contributed by atoms with Crippen LogP contribution >= 0.6 is 0 Å². The maximum atomic E-state index is 12.7. The maximum absolute atomic E-state index is 12.7. The van der Waals surface area contributed by atoms with E-state index in [1.54, 1.807) is 17.2 Å². The van der Waals surface area contributed by atoms with Gasteiger partial charge in [-0.05, 0) is 22.9 Å². The molecule has 5 rings (SSSR count). The van der Waals surface area contributed by atoms with Gasteiger partial charge in [0.1, 0.15) is 12.2 Å². The summed E-state index contributed by atoms with van der Waals surface area (Å²) in [6, 6.07) is 14.0. The van der Waals surface area contributed by atoms with Crippen LogP contribution in [0.3, 0.4) is 0 Å². The lowest BCUT2D eigenvalue weighted by molar-refractivity contribution is 0.0498. The van der Waals surface area contributed by atoms with Crippen molar-refractivity contribution in [2.24, 2.45) is 0 Å². The summed E-state index contributed by atoms with van der Waals surface area (Å²) in [6.45, 7) is 1.75. The van der Waals surface area contributed by atoms with Gasteiger partial charge in [0.05, 0.1) is 24.6 Å². The minimum Gasteiger partial charge on any atom is -0.334 e. The molecule has 0 radical (unpaired) electrons. The smallest absolute Gasteiger partial charge is 0.254 e. The Labute approximate surface area is 155 Å². The summed E-state index contributed by atoms with van der Waals surface area (Å²) in [5, 5.41) is 18.7. The molecule has 0 aliphatic carbocycles. The van der Waals surface area contributed by atoms with Crippen molar-refractivity contribution in [1.82, 2.24) is 34.9 Å². The molecular formula is C19H17N7O. The lowest BCUT2D eigenvalue weighted by Crippen LogP contribution is -2.50. The van der Waals surface area contributed by atoms with Crippen LogP contribution in [0.15, 0.2) is 61.1 Å². The lowest BCUT2D eigenvalue weighted by Gasteiger charge is -2.38. The monoisotopic (exact) mass is 359 g/mol. The van der Waals surface area contributed by atoms with Gasteiger partial charge < -0.3 is 4.90 Å². The predicted molar refractivity (Wildman–Crippen MR) is 98.0 cm³/mol. The third-order valence-electron chi connectivity index (χ3n) is 4.85. The van der Waals surface area contributed by atoms with Crippen molar-refractivity contribution in [3.05, 3.63) is 72.3 Å². The van der Waals surface area contributed by atoms with E-state index in [2.05, 4.69) is 20.5 Å². The number of hydrogen-bond acceptors (Lipinski definition) is 5. The first-order valence-electron chi connectivity index (χ1n) is 8.79. The molecule has 27 heavy (non-hydrogen) atoms. The zero-order valence-corrected chi connectivity index (χ0v) is 14.5. The van der Waals surface area contributed by atoms with E-state index in [0.717, 1.165) is 22.0 Å². The normalized spacial score (nSPS) is 14.4. The van der Waals surface area contributed by atoms with Crippen molar-refractivity contribution in [1.29, 1.82) is 0 Å². The summed E-state index contributed by atoms with van der Waals surface area (Å²) in [7, 11) is 0. The van der Waals surface area contributed by atoms with Crippen molar-refractivity contribution in [3.8, 4) is 0 Å². The van der Waals surface area contributed by atoms with Crippen LogP contribution in [0.2, 0.25) is 0 Å². The fraction of sp³-hybridized carbons (Fsp3) is 0.211. The number of rotatable bonds is 4. The fourth-order valence-corrected chi connectivity index (χ4v) is 3.33. The molecule has 2 aromatic heterocycles. The zero-order valence-electron chi connectivity index (χ0n) is 14.5. The van der Waals surface area contributed by atoms with Gasteiger partial charge in [0, 0.05) is 18.7 Å². The van der Waals surface area contributed by atoms with E-state index >= 15 is 0 Å². The molecule has 0 bridgehead atoms. The Morgan fingerprint density at radius 2 is 1.81 bits per heavy atom. The first-order valence-corrected chi connectivity index (χ1v) is 8.79. The molecule has 8 nitrogen and oxygen atoms in total. The highest BCUT2D eigenvalue weighted by Crippen LogP contribution is 2.24. The van der Waals surface area contributed by atoms with E-state index in [-0.39, 0.29) is 11.9 Å². The second kappa shape index (κ2) is 6.31. The molecule has 1 aliphatic rings. The molecule has 0 spiro atoms. The van der Waals surface area contributed by atoms with Gasteiger partial charge in [0.25, 0.3) is 5.91 Å².